The number of hydrogen-bond acceptors (Lipinski definition) is 6. The maximum atomic E-state index is 4.75. The number of benzene rings is 1. The number of pyridine rings is 1. The lowest BCUT2D eigenvalue weighted by atomic mass is 10.1. The van der Waals surface area contributed by atoms with Crippen LogP contribution < -0.4 is 5.32 Å². The van der Waals surface area contributed by atoms with Gasteiger partial charge < -0.3 is 5.32 Å². The summed E-state index contributed by atoms with van der Waals surface area (Å²) in [5, 5.41) is 21.4. The van der Waals surface area contributed by atoms with Crippen LogP contribution in [0, 0.1) is 0 Å². The van der Waals surface area contributed by atoms with Gasteiger partial charge >= 0.3 is 0 Å². The summed E-state index contributed by atoms with van der Waals surface area (Å²) in [7, 11) is 5.65. The first-order chi connectivity index (χ1) is 14.1. The van der Waals surface area contributed by atoms with Crippen molar-refractivity contribution in [2.24, 2.45) is 21.1 Å². The molecular weight excluding hydrogens is 366 g/mol. The highest BCUT2D eigenvalue weighted by Gasteiger charge is 2.16. The monoisotopic (exact) mass is 385 g/mol. The molecule has 5 aromatic rings. The summed E-state index contributed by atoms with van der Waals surface area (Å²) in [5.41, 5.74) is 4.59. The molecule has 1 N–H and O–H groups in total. The van der Waals surface area contributed by atoms with Crippen molar-refractivity contribution in [2.45, 2.75) is 0 Å². The van der Waals surface area contributed by atoms with Gasteiger partial charge in [-0.3, -0.25) is 9.36 Å². The fourth-order valence-corrected chi connectivity index (χ4v) is 3.39. The van der Waals surface area contributed by atoms with Crippen molar-refractivity contribution in [3.05, 3.63) is 54.9 Å². The van der Waals surface area contributed by atoms with Gasteiger partial charge in [-0.2, -0.15) is 10.2 Å². The Labute approximate surface area is 166 Å². The maximum Gasteiger partial charge on any atom is 0.160 e. The van der Waals surface area contributed by atoms with Gasteiger partial charge in [-0.1, -0.05) is 35.5 Å². The summed E-state index contributed by atoms with van der Waals surface area (Å²) >= 11 is 0. The summed E-state index contributed by atoms with van der Waals surface area (Å²) in [6.07, 6.45) is 3.55. The lowest BCUT2D eigenvalue weighted by molar-refractivity contribution is 0.721. The molecule has 0 atom stereocenters. The second-order valence-corrected chi connectivity index (χ2v) is 6.83. The smallest absolute Gasteiger partial charge is 0.160 e. The first kappa shape index (κ1) is 17.1. The van der Waals surface area contributed by atoms with E-state index in [0.29, 0.717) is 5.82 Å². The zero-order valence-corrected chi connectivity index (χ0v) is 16.3. The molecular formula is C20H19N9. The van der Waals surface area contributed by atoms with Crippen LogP contribution in [0.4, 0.5) is 11.6 Å². The van der Waals surface area contributed by atoms with Crippen LogP contribution in [0.15, 0.2) is 54.9 Å². The van der Waals surface area contributed by atoms with Crippen LogP contribution in [-0.2, 0) is 21.1 Å². The number of hydrogen-bond donors (Lipinski definition) is 1. The predicted molar refractivity (Wildman–Crippen MR) is 110 cm³/mol. The van der Waals surface area contributed by atoms with Gasteiger partial charge in [0.05, 0.1) is 23.8 Å². The molecule has 0 radical (unpaired) electrons. The van der Waals surface area contributed by atoms with Crippen molar-refractivity contribution in [3.63, 3.8) is 0 Å². The number of aryl methyl sites for hydroxylation is 3. The van der Waals surface area contributed by atoms with E-state index in [1.807, 2.05) is 74.5 Å². The molecule has 0 spiro atoms. The second kappa shape index (κ2) is 6.55. The molecule has 0 aliphatic heterocycles. The average Bonchev–Trinajstić information content (AvgIpc) is 3.42. The van der Waals surface area contributed by atoms with E-state index in [-0.39, 0.29) is 0 Å². The molecule has 0 aliphatic rings. The van der Waals surface area contributed by atoms with Gasteiger partial charge in [0.1, 0.15) is 11.6 Å². The molecule has 144 valence electrons. The van der Waals surface area contributed by atoms with E-state index in [2.05, 4.69) is 25.8 Å². The summed E-state index contributed by atoms with van der Waals surface area (Å²) in [4.78, 5) is 4.75. The summed E-state index contributed by atoms with van der Waals surface area (Å²) < 4.78 is 5.30. The molecule has 0 saturated heterocycles. The van der Waals surface area contributed by atoms with E-state index in [0.717, 1.165) is 39.4 Å². The predicted octanol–water partition coefficient (Wildman–Crippen LogP) is 2.91. The third-order valence-corrected chi connectivity index (χ3v) is 4.90. The van der Waals surface area contributed by atoms with Crippen molar-refractivity contribution in [1.29, 1.82) is 0 Å². The zero-order valence-electron chi connectivity index (χ0n) is 16.3. The Balaban J connectivity index is 1.59. The first-order valence-corrected chi connectivity index (χ1v) is 9.14. The van der Waals surface area contributed by atoms with E-state index in [9.17, 15) is 0 Å². The molecule has 9 nitrogen and oxygen atoms in total. The van der Waals surface area contributed by atoms with Gasteiger partial charge in [-0.15, -0.1) is 5.10 Å². The minimum absolute atomic E-state index is 0.694. The van der Waals surface area contributed by atoms with Crippen molar-refractivity contribution in [2.75, 3.05) is 5.32 Å². The van der Waals surface area contributed by atoms with Crippen molar-refractivity contribution in [3.8, 4) is 22.5 Å². The van der Waals surface area contributed by atoms with Crippen LogP contribution in [-0.4, -0.2) is 39.5 Å². The molecule has 9 heteroatoms. The van der Waals surface area contributed by atoms with Crippen molar-refractivity contribution in [1.82, 2.24) is 39.5 Å². The molecule has 1 aromatic carbocycles. The highest BCUT2D eigenvalue weighted by atomic mass is 15.4. The standard InChI is InChI=1S/C20H19N9/c1-27-17(12-21-26-27)14-9-18(24-20-15(14)11-22-29(20)3)23-19-10-16(25-28(19)2)13-7-5-4-6-8-13/h4-12H,1-3H3,(H,23,24). The van der Waals surface area contributed by atoms with Gasteiger partial charge in [0.15, 0.2) is 5.65 Å². The maximum absolute atomic E-state index is 4.75. The van der Waals surface area contributed by atoms with Gasteiger partial charge in [-0.25, -0.2) is 9.67 Å². The largest absolute Gasteiger partial charge is 0.325 e. The highest BCUT2D eigenvalue weighted by Crippen LogP contribution is 2.31. The number of fused-ring (bicyclic) bond motifs is 1. The minimum Gasteiger partial charge on any atom is -0.325 e. The Morgan fingerprint density at radius 1 is 0.897 bits per heavy atom. The third kappa shape index (κ3) is 2.92. The average molecular weight is 385 g/mol. The van der Waals surface area contributed by atoms with E-state index in [4.69, 9.17) is 4.98 Å². The molecule has 0 aliphatic carbocycles. The second-order valence-electron chi connectivity index (χ2n) is 6.83. The summed E-state index contributed by atoms with van der Waals surface area (Å²) in [6.45, 7) is 0. The van der Waals surface area contributed by atoms with Crippen molar-refractivity contribution >= 4 is 22.7 Å². The Morgan fingerprint density at radius 2 is 1.72 bits per heavy atom. The molecule has 0 amide bonds. The normalized spacial score (nSPS) is 11.3. The van der Waals surface area contributed by atoms with Crippen LogP contribution in [0.25, 0.3) is 33.5 Å². The van der Waals surface area contributed by atoms with Crippen LogP contribution in [0.3, 0.4) is 0 Å². The minimum atomic E-state index is 0.694. The number of aromatic nitrogens is 8. The van der Waals surface area contributed by atoms with Crippen LogP contribution in [0.5, 0.6) is 0 Å². The fourth-order valence-electron chi connectivity index (χ4n) is 3.39. The third-order valence-electron chi connectivity index (χ3n) is 4.90. The summed E-state index contributed by atoms with van der Waals surface area (Å²) in [5.74, 6) is 1.53. The number of nitrogens with one attached hydrogen (secondary N) is 1. The quantitative estimate of drug-likeness (QED) is 0.511. The zero-order chi connectivity index (χ0) is 20.0. The number of rotatable bonds is 4. The molecule has 0 saturated carbocycles. The Kier molecular flexibility index (Phi) is 3.87. The first-order valence-electron chi connectivity index (χ1n) is 9.14. The van der Waals surface area contributed by atoms with Crippen LogP contribution in [0.1, 0.15) is 0 Å². The van der Waals surface area contributed by atoms with Gasteiger partial charge in [0.25, 0.3) is 0 Å². The van der Waals surface area contributed by atoms with Gasteiger partial charge in [0, 0.05) is 43.7 Å². The van der Waals surface area contributed by atoms with Crippen LogP contribution >= 0.6 is 0 Å². The molecule has 0 bridgehead atoms. The molecule has 0 fully saturated rings. The molecule has 5 rings (SSSR count). The number of nitrogens with zero attached hydrogens (tertiary/aromatic N) is 8. The lowest BCUT2D eigenvalue weighted by Gasteiger charge is -2.09. The molecule has 0 unspecified atom stereocenters. The molecule has 4 heterocycles. The Morgan fingerprint density at radius 3 is 2.48 bits per heavy atom. The highest BCUT2D eigenvalue weighted by molar-refractivity contribution is 5.93. The van der Waals surface area contributed by atoms with Crippen molar-refractivity contribution < 1.29 is 0 Å². The van der Waals surface area contributed by atoms with Gasteiger partial charge in [0.2, 0.25) is 0 Å². The Bertz CT molecular complexity index is 1310. The summed E-state index contributed by atoms with van der Waals surface area (Å²) in [6, 6.07) is 14.1. The van der Waals surface area contributed by atoms with Gasteiger partial charge in [-0.05, 0) is 6.07 Å². The topological polar surface area (TPSA) is 91.3 Å². The SMILES string of the molecule is Cn1nc(-c2ccccc2)cc1Nc1cc(-c2cnnn2C)c2cnn(C)c2n1. The molecule has 4 aromatic heterocycles. The lowest BCUT2D eigenvalue weighted by Crippen LogP contribution is -2.03. The number of anilines is 2. The van der Waals surface area contributed by atoms with Crippen LogP contribution in [0.2, 0.25) is 0 Å². The Hall–Kier alpha value is -4.01. The van der Waals surface area contributed by atoms with E-state index in [1.54, 1.807) is 15.6 Å². The van der Waals surface area contributed by atoms with E-state index < -0.39 is 0 Å². The van der Waals surface area contributed by atoms with E-state index in [1.165, 1.54) is 0 Å². The molecule has 29 heavy (non-hydrogen) atoms. The van der Waals surface area contributed by atoms with E-state index >= 15 is 0 Å². The fraction of sp³-hybridized carbons (Fsp3) is 0.150.